The smallest absolute Gasteiger partial charge is 0.0995 e. The van der Waals surface area contributed by atoms with Crippen LogP contribution in [0.3, 0.4) is 0 Å². The van der Waals surface area contributed by atoms with Crippen molar-refractivity contribution in [2.45, 2.75) is 6.54 Å². The van der Waals surface area contributed by atoms with Gasteiger partial charge in [0.15, 0.2) is 0 Å². The highest BCUT2D eigenvalue weighted by atomic mass is 35.5. The number of nitriles is 1. The zero-order valence-electron chi connectivity index (χ0n) is 8.39. The summed E-state index contributed by atoms with van der Waals surface area (Å²) in [4.78, 5) is 4.01. The second-order valence-corrected chi connectivity index (χ2v) is 3.64. The maximum absolute atomic E-state index is 8.74. The largest absolute Gasteiger partial charge is 0.325 e. The van der Waals surface area contributed by atoms with Crippen LogP contribution in [0.5, 0.6) is 0 Å². The maximum atomic E-state index is 8.74. The van der Waals surface area contributed by atoms with Crippen LogP contribution < -0.4 is 5.73 Å². The summed E-state index contributed by atoms with van der Waals surface area (Å²) < 4.78 is 1.81. The van der Waals surface area contributed by atoms with E-state index in [4.69, 9.17) is 22.6 Å². The molecule has 0 radical (unpaired) electrons. The molecule has 0 unspecified atom stereocenters. The fourth-order valence-corrected chi connectivity index (χ4v) is 1.73. The number of hydrogen-bond acceptors (Lipinski definition) is 3. The van der Waals surface area contributed by atoms with E-state index in [0.29, 0.717) is 17.1 Å². The quantitative estimate of drug-likeness (QED) is 0.859. The molecule has 1 aromatic carbocycles. The molecule has 80 valence electrons. The van der Waals surface area contributed by atoms with Crippen LogP contribution in [0.25, 0.3) is 5.69 Å². The zero-order chi connectivity index (χ0) is 11.5. The Kier molecular flexibility index (Phi) is 2.91. The number of halogens is 1. The molecule has 2 aromatic rings. The molecule has 2 N–H and O–H groups in total. The molecule has 5 heteroatoms. The first-order chi connectivity index (χ1) is 7.76. The van der Waals surface area contributed by atoms with Crippen molar-refractivity contribution in [2.24, 2.45) is 5.73 Å². The lowest BCUT2D eigenvalue weighted by molar-refractivity contribution is 0.910. The van der Waals surface area contributed by atoms with Crippen molar-refractivity contribution < 1.29 is 0 Å². The van der Waals surface area contributed by atoms with E-state index in [1.807, 2.05) is 10.6 Å². The molecule has 0 aliphatic rings. The summed E-state index contributed by atoms with van der Waals surface area (Å²) in [5, 5.41) is 9.24. The predicted octanol–water partition coefficient (Wildman–Crippen LogP) is 1.86. The molecule has 16 heavy (non-hydrogen) atoms. The van der Waals surface area contributed by atoms with Gasteiger partial charge in [-0.25, -0.2) is 4.98 Å². The number of nitrogens with two attached hydrogens (primary N) is 1. The second-order valence-electron chi connectivity index (χ2n) is 3.24. The van der Waals surface area contributed by atoms with E-state index in [0.717, 1.165) is 11.4 Å². The third-order valence-electron chi connectivity index (χ3n) is 2.26. The van der Waals surface area contributed by atoms with Crippen LogP contribution in [0.1, 0.15) is 11.3 Å². The van der Waals surface area contributed by atoms with Gasteiger partial charge in [0.25, 0.3) is 0 Å². The Balaban J connectivity index is 2.53. The van der Waals surface area contributed by atoms with Gasteiger partial charge in [0.05, 0.1) is 34.4 Å². The first-order valence-corrected chi connectivity index (χ1v) is 5.05. The van der Waals surface area contributed by atoms with Crippen molar-refractivity contribution in [3.05, 3.63) is 47.0 Å². The van der Waals surface area contributed by atoms with E-state index < -0.39 is 0 Å². The standard InChI is InChI=1S/C11H9ClN4/c12-10-3-8(4-13)1-2-11(10)16-7-15-6-9(16)5-14/h1-3,6-7H,5,14H2. The minimum absolute atomic E-state index is 0.385. The molecule has 0 aliphatic heterocycles. The van der Waals surface area contributed by atoms with Crippen LogP contribution in [-0.4, -0.2) is 9.55 Å². The lowest BCUT2D eigenvalue weighted by Crippen LogP contribution is -2.05. The summed E-state index contributed by atoms with van der Waals surface area (Å²) in [6.07, 6.45) is 3.34. The van der Waals surface area contributed by atoms with E-state index in [1.54, 1.807) is 30.7 Å². The summed E-state index contributed by atoms with van der Waals surface area (Å²) in [5.74, 6) is 0. The SMILES string of the molecule is N#Cc1ccc(-n2cncc2CN)c(Cl)c1. The highest BCUT2D eigenvalue weighted by Crippen LogP contribution is 2.22. The van der Waals surface area contributed by atoms with Crippen molar-refractivity contribution in [2.75, 3.05) is 0 Å². The van der Waals surface area contributed by atoms with Gasteiger partial charge in [-0.1, -0.05) is 11.6 Å². The molecule has 0 saturated heterocycles. The Morgan fingerprint density at radius 2 is 2.31 bits per heavy atom. The van der Waals surface area contributed by atoms with Crippen LogP contribution in [0.2, 0.25) is 5.02 Å². The third-order valence-corrected chi connectivity index (χ3v) is 2.56. The van der Waals surface area contributed by atoms with Crippen molar-refractivity contribution >= 4 is 11.6 Å². The summed E-state index contributed by atoms with van der Waals surface area (Å²) in [7, 11) is 0. The third kappa shape index (κ3) is 1.78. The molecule has 1 heterocycles. The van der Waals surface area contributed by atoms with E-state index in [1.165, 1.54) is 0 Å². The molecule has 0 bridgehead atoms. The average Bonchev–Trinajstić information content (AvgIpc) is 2.76. The molecule has 0 amide bonds. The van der Waals surface area contributed by atoms with Crippen molar-refractivity contribution in [3.63, 3.8) is 0 Å². The summed E-state index contributed by atoms with van der Waals surface area (Å²) in [6, 6.07) is 7.15. The monoisotopic (exact) mass is 232 g/mol. The first-order valence-electron chi connectivity index (χ1n) is 4.67. The number of hydrogen-bond donors (Lipinski definition) is 1. The molecule has 1 aromatic heterocycles. The number of nitrogens with zero attached hydrogens (tertiary/aromatic N) is 3. The van der Waals surface area contributed by atoms with Gasteiger partial charge in [0.2, 0.25) is 0 Å². The Morgan fingerprint density at radius 1 is 1.50 bits per heavy atom. The Hall–Kier alpha value is -1.83. The van der Waals surface area contributed by atoms with Gasteiger partial charge in [-0.3, -0.25) is 0 Å². The second kappa shape index (κ2) is 4.35. The van der Waals surface area contributed by atoms with Crippen LogP contribution in [0.15, 0.2) is 30.7 Å². The number of benzene rings is 1. The highest BCUT2D eigenvalue weighted by molar-refractivity contribution is 6.32. The van der Waals surface area contributed by atoms with E-state index in [2.05, 4.69) is 4.98 Å². The Bertz CT molecular complexity index is 553. The molecule has 0 atom stereocenters. The normalized spacial score (nSPS) is 10.1. The summed E-state index contributed by atoms with van der Waals surface area (Å²) in [6.45, 7) is 0.385. The number of imidazole rings is 1. The fraction of sp³-hybridized carbons (Fsp3) is 0.0909. The molecule has 0 spiro atoms. The molecular weight excluding hydrogens is 224 g/mol. The van der Waals surface area contributed by atoms with Crippen LogP contribution in [0, 0.1) is 11.3 Å². The van der Waals surface area contributed by atoms with Gasteiger partial charge in [-0.15, -0.1) is 0 Å². The zero-order valence-corrected chi connectivity index (χ0v) is 9.15. The molecule has 4 nitrogen and oxygen atoms in total. The lowest BCUT2D eigenvalue weighted by atomic mass is 10.2. The van der Waals surface area contributed by atoms with Crippen LogP contribution in [-0.2, 0) is 6.54 Å². The molecular formula is C11H9ClN4. The maximum Gasteiger partial charge on any atom is 0.0995 e. The van der Waals surface area contributed by atoms with Gasteiger partial charge >= 0.3 is 0 Å². The van der Waals surface area contributed by atoms with Crippen LogP contribution in [0.4, 0.5) is 0 Å². The highest BCUT2D eigenvalue weighted by Gasteiger charge is 2.07. The fourth-order valence-electron chi connectivity index (χ4n) is 1.46. The summed E-state index contributed by atoms with van der Waals surface area (Å²) >= 11 is 6.09. The molecule has 0 aliphatic carbocycles. The van der Waals surface area contributed by atoms with E-state index in [-0.39, 0.29) is 0 Å². The summed E-state index contributed by atoms with van der Waals surface area (Å²) in [5.41, 5.74) is 7.76. The topological polar surface area (TPSA) is 67.6 Å². The minimum Gasteiger partial charge on any atom is -0.325 e. The molecule has 2 rings (SSSR count). The van der Waals surface area contributed by atoms with Gasteiger partial charge < -0.3 is 10.3 Å². The van der Waals surface area contributed by atoms with Crippen molar-refractivity contribution in [3.8, 4) is 11.8 Å². The molecule has 0 fully saturated rings. The van der Waals surface area contributed by atoms with Crippen molar-refractivity contribution in [1.29, 1.82) is 5.26 Å². The Labute approximate surface area is 97.9 Å². The van der Waals surface area contributed by atoms with Gasteiger partial charge in [-0.2, -0.15) is 5.26 Å². The van der Waals surface area contributed by atoms with E-state index in [9.17, 15) is 0 Å². The van der Waals surface area contributed by atoms with Crippen molar-refractivity contribution in [1.82, 2.24) is 9.55 Å². The first kappa shape index (κ1) is 10.7. The van der Waals surface area contributed by atoms with Gasteiger partial charge in [0, 0.05) is 12.7 Å². The van der Waals surface area contributed by atoms with E-state index >= 15 is 0 Å². The lowest BCUT2D eigenvalue weighted by Gasteiger charge is -2.08. The Morgan fingerprint density at radius 3 is 2.94 bits per heavy atom. The number of rotatable bonds is 2. The average molecular weight is 233 g/mol. The number of aromatic nitrogens is 2. The minimum atomic E-state index is 0.385. The van der Waals surface area contributed by atoms with Gasteiger partial charge in [0.1, 0.15) is 0 Å². The predicted molar refractivity (Wildman–Crippen MR) is 61.2 cm³/mol. The molecule has 0 saturated carbocycles. The van der Waals surface area contributed by atoms with Crippen LogP contribution >= 0.6 is 11.6 Å². The van der Waals surface area contributed by atoms with Gasteiger partial charge in [-0.05, 0) is 18.2 Å².